The summed E-state index contributed by atoms with van der Waals surface area (Å²) in [6.07, 6.45) is 6.63. The molecule has 1 amide bonds. The summed E-state index contributed by atoms with van der Waals surface area (Å²) < 4.78 is 11.0. The van der Waals surface area contributed by atoms with E-state index in [1.54, 1.807) is 7.11 Å². The van der Waals surface area contributed by atoms with Crippen LogP contribution in [0.2, 0.25) is 0 Å². The number of amides is 1. The van der Waals surface area contributed by atoms with Crippen molar-refractivity contribution in [3.63, 3.8) is 0 Å². The van der Waals surface area contributed by atoms with Crippen molar-refractivity contribution in [3.05, 3.63) is 0 Å². The Kier molecular flexibility index (Phi) is 10.6. The zero-order valence-corrected chi connectivity index (χ0v) is 21.2. The van der Waals surface area contributed by atoms with E-state index in [2.05, 4.69) is 32.3 Å². The molecule has 2 aliphatic carbocycles. The molecule has 9 heteroatoms. The van der Waals surface area contributed by atoms with Crippen LogP contribution in [0.25, 0.3) is 0 Å². The van der Waals surface area contributed by atoms with Gasteiger partial charge in [0.1, 0.15) is 0 Å². The van der Waals surface area contributed by atoms with Crippen LogP contribution in [0, 0.1) is 5.41 Å². The van der Waals surface area contributed by atoms with E-state index < -0.39 is 0 Å². The van der Waals surface area contributed by atoms with Crippen LogP contribution in [-0.2, 0) is 14.3 Å². The number of nitrogens with one attached hydrogen (secondary N) is 2. The minimum absolute atomic E-state index is 0. The number of rotatable bonds is 8. The van der Waals surface area contributed by atoms with E-state index in [4.69, 9.17) is 9.47 Å². The Bertz CT molecular complexity index is 563. The zero-order chi connectivity index (χ0) is 20.7. The number of piperazine rings is 1. The summed E-state index contributed by atoms with van der Waals surface area (Å²) in [6, 6.07) is 0.463. The van der Waals surface area contributed by atoms with Crippen LogP contribution >= 0.6 is 24.0 Å². The van der Waals surface area contributed by atoms with Gasteiger partial charge in [0, 0.05) is 64.9 Å². The molecule has 1 spiro atoms. The first kappa shape index (κ1) is 25.6. The molecule has 3 rings (SSSR count). The van der Waals surface area contributed by atoms with Crippen LogP contribution < -0.4 is 10.6 Å². The van der Waals surface area contributed by atoms with Gasteiger partial charge in [-0.05, 0) is 26.2 Å². The van der Waals surface area contributed by atoms with Crippen molar-refractivity contribution in [1.29, 1.82) is 0 Å². The second-order valence-electron chi connectivity index (χ2n) is 8.47. The Labute approximate surface area is 198 Å². The molecule has 0 radical (unpaired) electrons. The largest absolute Gasteiger partial charge is 0.383 e. The smallest absolute Gasteiger partial charge is 0.234 e. The first-order valence-electron chi connectivity index (χ1n) is 11.2. The maximum absolute atomic E-state index is 12.0. The third kappa shape index (κ3) is 5.98. The topological polar surface area (TPSA) is 78.4 Å². The fourth-order valence-electron chi connectivity index (χ4n) is 5.21. The van der Waals surface area contributed by atoms with Crippen molar-refractivity contribution in [2.24, 2.45) is 10.4 Å². The highest BCUT2D eigenvalue weighted by molar-refractivity contribution is 14.0. The lowest BCUT2D eigenvalue weighted by Crippen LogP contribution is -2.66. The number of methoxy groups -OCH3 is 1. The number of nitrogens with zero attached hydrogens (tertiary/aromatic N) is 3. The number of hydrogen-bond donors (Lipinski definition) is 2. The predicted molar refractivity (Wildman–Crippen MR) is 130 cm³/mol. The van der Waals surface area contributed by atoms with E-state index >= 15 is 0 Å². The fourth-order valence-corrected chi connectivity index (χ4v) is 5.21. The standard InChI is InChI=1S/C21H39N5O3.HI/c1-4-29-18-15-17(21(18)7-5-6-8-21)24-20(22-2)26-12-10-25(11-13-26)16-19(27)23-9-14-28-3;/h17-18H,4-16H2,1-3H3,(H,22,24)(H,23,27);1H. The van der Waals surface area contributed by atoms with Gasteiger partial charge >= 0.3 is 0 Å². The van der Waals surface area contributed by atoms with Crippen LogP contribution in [0.4, 0.5) is 0 Å². The van der Waals surface area contributed by atoms with E-state index in [0.29, 0.717) is 37.3 Å². The quantitative estimate of drug-likeness (QED) is 0.211. The first-order chi connectivity index (χ1) is 14.1. The summed E-state index contributed by atoms with van der Waals surface area (Å²) in [5, 5.41) is 6.66. The molecule has 1 heterocycles. The summed E-state index contributed by atoms with van der Waals surface area (Å²) in [5.74, 6) is 1.07. The number of hydrogen-bond acceptors (Lipinski definition) is 5. The molecule has 2 N–H and O–H groups in total. The SMILES string of the molecule is CCOC1CC(NC(=NC)N2CCN(CC(=O)NCCOC)CC2)C12CCCC2.I. The van der Waals surface area contributed by atoms with Crippen LogP contribution in [0.1, 0.15) is 39.0 Å². The van der Waals surface area contributed by atoms with Crippen LogP contribution in [0.3, 0.4) is 0 Å². The molecule has 2 unspecified atom stereocenters. The lowest BCUT2D eigenvalue weighted by Gasteiger charge is -2.55. The summed E-state index contributed by atoms with van der Waals surface area (Å²) in [4.78, 5) is 21.1. The maximum atomic E-state index is 12.0. The Morgan fingerprint density at radius 3 is 2.50 bits per heavy atom. The second kappa shape index (κ2) is 12.4. The molecule has 0 aromatic heterocycles. The van der Waals surface area contributed by atoms with Crippen LogP contribution in [0.15, 0.2) is 4.99 Å². The molecule has 2 saturated carbocycles. The predicted octanol–water partition coefficient (Wildman–Crippen LogP) is 1.30. The van der Waals surface area contributed by atoms with E-state index in [9.17, 15) is 4.79 Å². The van der Waals surface area contributed by atoms with Crippen molar-refractivity contribution < 1.29 is 14.3 Å². The Morgan fingerprint density at radius 1 is 1.20 bits per heavy atom. The Hall–Kier alpha value is -0.650. The van der Waals surface area contributed by atoms with Crippen molar-refractivity contribution >= 4 is 35.8 Å². The van der Waals surface area contributed by atoms with Gasteiger partial charge in [-0.3, -0.25) is 14.7 Å². The van der Waals surface area contributed by atoms with E-state index in [0.717, 1.165) is 45.2 Å². The van der Waals surface area contributed by atoms with Gasteiger partial charge in [0.05, 0.1) is 19.3 Å². The van der Waals surface area contributed by atoms with Crippen molar-refractivity contribution in [2.45, 2.75) is 51.2 Å². The molecule has 2 atom stereocenters. The van der Waals surface area contributed by atoms with Gasteiger partial charge in [-0.15, -0.1) is 24.0 Å². The summed E-state index contributed by atoms with van der Waals surface area (Å²) in [7, 11) is 3.51. The van der Waals surface area contributed by atoms with Gasteiger partial charge in [-0.2, -0.15) is 0 Å². The summed E-state index contributed by atoms with van der Waals surface area (Å²) in [5.41, 5.74) is 0.300. The number of halogens is 1. The second-order valence-corrected chi connectivity index (χ2v) is 8.47. The van der Waals surface area contributed by atoms with Gasteiger partial charge in [0.2, 0.25) is 5.91 Å². The highest BCUT2D eigenvalue weighted by Gasteiger charge is 2.57. The Morgan fingerprint density at radius 2 is 1.90 bits per heavy atom. The monoisotopic (exact) mass is 537 g/mol. The molecule has 0 aromatic rings. The van der Waals surface area contributed by atoms with E-state index in [-0.39, 0.29) is 29.9 Å². The molecular formula is C21H40IN5O3. The number of carbonyl (C=O) groups is 1. The van der Waals surface area contributed by atoms with Gasteiger partial charge in [0.25, 0.3) is 0 Å². The van der Waals surface area contributed by atoms with Crippen LogP contribution in [-0.4, -0.2) is 100 Å². The minimum Gasteiger partial charge on any atom is -0.383 e. The third-order valence-corrected chi connectivity index (χ3v) is 6.87. The average molecular weight is 537 g/mol. The Balaban J connectivity index is 0.00000320. The molecule has 3 fully saturated rings. The minimum atomic E-state index is 0. The number of carbonyl (C=O) groups excluding carboxylic acids is 1. The fraction of sp³-hybridized carbons (Fsp3) is 0.905. The van der Waals surface area contributed by atoms with Crippen molar-refractivity contribution in [2.75, 3.05) is 66.6 Å². The molecule has 0 bridgehead atoms. The normalized spacial score (nSPS) is 26.2. The third-order valence-electron chi connectivity index (χ3n) is 6.87. The lowest BCUT2D eigenvalue weighted by atomic mass is 9.60. The van der Waals surface area contributed by atoms with E-state index in [1.165, 1.54) is 25.7 Å². The number of ether oxygens (including phenoxy) is 2. The maximum Gasteiger partial charge on any atom is 0.234 e. The molecule has 1 saturated heterocycles. The van der Waals surface area contributed by atoms with Gasteiger partial charge in [-0.1, -0.05) is 12.8 Å². The molecule has 3 aliphatic rings. The highest BCUT2D eigenvalue weighted by Crippen LogP contribution is 2.54. The number of guanidine groups is 1. The number of aliphatic imine (C=N–C) groups is 1. The molecule has 8 nitrogen and oxygen atoms in total. The average Bonchev–Trinajstić information content (AvgIpc) is 3.24. The highest BCUT2D eigenvalue weighted by atomic mass is 127. The molecule has 30 heavy (non-hydrogen) atoms. The van der Waals surface area contributed by atoms with Crippen LogP contribution in [0.5, 0.6) is 0 Å². The van der Waals surface area contributed by atoms with Crippen molar-refractivity contribution in [3.8, 4) is 0 Å². The zero-order valence-electron chi connectivity index (χ0n) is 18.8. The summed E-state index contributed by atoms with van der Waals surface area (Å²) >= 11 is 0. The first-order valence-corrected chi connectivity index (χ1v) is 11.2. The van der Waals surface area contributed by atoms with Crippen molar-refractivity contribution in [1.82, 2.24) is 20.4 Å². The summed E-state index contributed by atoms with van der Waals surface area (Å²) in [6.45, 7) is 7.98. The van der Waals surface area contributed by atoms with Gasteiger partial charge < -0.3 is 25.0 Å². The van der Waals surface area contributed by atoms with E-state index in [1.807, 2.05) is 7.05 Å². The van der Waals surface area contributed by atoms with Gasteiger partial charge in [0.15, 0.2) is 5.96 Å². The molecule has 174 valence electrons. The molecule has 0 aromatic carbocycles. The molecule has 1 aliphatic heterocycles. The lowest BCUT2D eigenvalue weighted by molar-refractivity contribution is -0.126. The van der Waals surface area contributed by atoms with Gasteiger partial charge in [-0.25, -0.2) is 0 Å². The molecular weight excluding hydrogens is 497 g/mol.